The molecule has 7 heteroatoms. The summed E-state index contributed by atoms with van der Waals surface area (Å²) in [6.45, 7) is 1.79. The summed E-state index contributed by atoms with van der Waals surface area (Å²) in [5, 5.41) is 9.98. The van der Waals surface area contributed by atoms with E-state index in [9.17, 15) is 18.3 Å². The number of aryl methyl sites for hydroxylation is 1. The van der Waals surface area contributed by atoms with Gasteiger partial charge in [-0.15, -0.1) is 0 Å². The van der Waals surface area contributed by atoms with Crippen LogP contribution in [0.5, 0.6) is 0 Å². The lowest BCUT2D eigenvalue weighted by Gasteiger charge is -2.16. The second-order valence-electron chi connectivity index (χ2n) is 4.48. The summed E-state index contributed by atoms with van der Waals surface area (Å²) in [5.74, 6) is 0. The van der Waals surface area contributed by atoms with Crippen molar-refractivity contribution in [3.8, 4) is 0 Å². The summed E-state index contributed by atoms with van der Waals surface area (Å²) in [7, 11) is 0. The molecule has 1 aromatic carbocycles. The summed E-state index contributed by atoms with van der Waals surface area (Å²) in [5.41, 5.74) is 0.384. The Morgan fingerprint density at radius 3 is 2.43 bits per heavy atom. The smallest absolute Gasteiger partial charge is 0.384 e. The lowest BCUT2D eigenvalue weighted by molar-refractivity contribution is -0.141. The number of halogens is 5. The third-order valence-corrected chi connectivity index (χ3v) is 3.79. The van der Waals surface area contributed by atoms with Gasteiger partial charge in [-0.3, -0.25) is 0 Å². The van der Waals surface area contributed by atoms with Crippen LogP contribution in [0.2, 0.25) is 5.15 Å². The highest BCUT2D eigenvalue weighted by molar-refractivity contribution is 9.10. The van der Waals surface area contributed by atoms with Gasteiger partial charge in [-0.2, -0.15) is 13.2 Å². The Morgan fingerprint density at radius 1 is 1.19 bits per heavy atom. The van der Waals surface area contributed by atoms with Crippen LogP contribution in [0, 0.1) is 6.92 Å². The fourth-order valence-electron chi connectivity index (χ4n) is 1.88. The van der Waals surface area contributed by atoms with E-state index in [-0.39, 0.29) is 10.7 Å². The normalized spacial score (nSPS) is 13.3. The molecule has 2 nitrogen and oxygen atoms in total. The number of aliphatic hydroxyl groups is 1. The van der Waals surface area contributed by atoms with Gasteiger partial charge in [-0.05, 0) is 36.2 Å². The van der Waals surface area contributed by atoms with Crippen LogP contribution in [0.4, 0.5) is 13.2 Å². The Kier molecular flexibility index (Phi) is 4.60. The number of hydrogen-bond acceptors (Lipinski definition) is 2. The van der Waals surface area contributed by atoms with Crippen LogP contribution in [0.25, 0.3) is 0 Å². The molecule has 0 aliphatic carbocycles. The topological polar surface area (TPSA) is 33.1 Å². The molecule has 0 fully saturated rings. The molecule has 2 rings (SSSR count). The van der Waals surface area contributed by atoms with Gasteiger partial charge < -0.3 is 5.11 Å². The Morgan fingerprint density at radius 2 is 1.86 bits per heavy atom. The molecule has 1 N–H and O–H groups in total. The summed E-state index contributed by atoms with van der Waals surface area (Å²) in [6.07, 6.45) is -5.72. The third kappa shape index (κ3) is 3.56. The summed E-state index contributed by atoms with van der Waals surface area (Å²) >= 11 is 9.07. The predicted octanol–water partition coefficient (Wildman–Crippen LogP) is 4.91. The Balaban J connectivity index is 2.44. The second kappa shape index (κ2) is 5.94. The van der Waals surface area contributed by atoms with Crippen LogP contribution >= 0.6 is 27.5 Å². The standard InChI is InChI=1S/C14H10BrClF3NO/c1-7-2-3-8(15)6-10(7)12(21)9-4-5-11(14(17,18)19)20-13(9)16/h2-6,12,21H,1H3. The highest BCUT2D eigenvalue weighted by atomic mass is 79.9. The molecule has 112 valence electrons. The largest absolute Gasteiger partial charge is 0.433 e. The first-order valence-corrected chi connectivity index (χ1v) is 7.05. The number of nitrogens with zero attached hydrogens (tertiary/aromatic N) is 1. The quantitative estimate of drug-likeness (QED) is 0.751. The van der Waals surface area contributed by atoms with Crippen LogP contribution in [0.15, 0.2) is 34.8 Å². The highest BCUT2D eigenvalue weighted by Crippen LogP contribution is 2.34. The number of pyridine rings is 1. The molecule has 0 saturated heterocycles. The minimum Gasteiger partial charge on any atom is -0.384 e. The second-order valence-corrected chi connectivity index (χ2v) is 5.75. The van der Waals surface area contributed by atoms with Gasteiger partial charge in [0.15, 0.2) is 0 Å². The molecule has 1 unspecified atom stereocenters. The van der Waals surface area contributed by atoms with Crippen LogP contribution in [-0.4, -0.2) is 10.1 Å². The molecule has 0 spiro atoms. The molecule has 0 saturated carbocycles. The minimum atomic E-state index is -4.57. The van der Waals surface area contributed by atoms with Gasteiger partial charge in [0.25, 0.3) is 0 Å². The summed E-state index contributed by atoms with van der Waals surface area (Å²) in [4.78, 5) is 3.31. The fraction of sp³-hybridized carbons (Fsp3) is 0.214. The van der Waals surface area contributed by atoms with Crippen LogP contribution in [0.3, 0.4) is 0 Å². The Labute approximate surface area is 132 Å². The lowest BCUT2D eigenvalue weighted by Crippen LogP contribution is -2.10. The highest BCUT2D eigenvalue weighted by Gasteiger charge is 2.33. The first-order valence-electron chi connectivity index (χ1n) is 5.88. The van der Waals surface area contributed by atoms with E-state index in [0.29, 0.717) is 5.56 Å². The maximum absolute atomic E-state index is 12.6. The average Bonchev–Trinajstić information content (AvgIpc) is 2.39. The minimum absolute atomic E-state index is 0.130. The average molecular weight is 381 g/mol. The third-order valence-electron chi connectivity index (χ3n) is 3.00. The predicted molar refractivity (Wildman–Crippen MR) is 77.2 cm³/mol. The molecule has 1 atom stereocenters. The monoisotopic (exact) mass is 379 g/mol. The molecule has 0 radical (unpaired) electrons. The van der Waals surface area contributed by atoms with Crippen molar-refractivity contribution in [3.05, 3.63) is 62.3 Å². The van der Waals surface area contributed by atoms with E-state index < -0.39 is 18.0 Å². The van der Waals surface area contributed by atoms with Crippen molar-refractivity contribution in [2.45, 2.75) is 19.2 Å². The SMILES string of the molecule is Cc1ccc(Br)cc1C(O)c1ccc(C(F)(F)F)nc1Cl. The van der Waals surface area contributed by atoms with Crippen molar-refractivity contribution in [3.63, 3.8) is 0 Å². The van der Waals surface area contributed by atoms with Crippen molar-refractivity contribution in [1.82, 2.24) is 4.98 Å². The molecular formula is C14H10BrClF3NO. The number of aromatic nitrogens is 1. The summed E-state index contributed by atoms with van der Waals surface area (Å²) < 4.78 is 38.4. The van der Waals surface area contributed by atoms with Crippen molar-refractivity contribution in [2.75, 3.05) is 0 Å². The van der Waals surface area contributed by atoms with Gasteiger partial charge in [0.1, 0.15) is 17.0 Å². The van der Waals surface area contributed by atoms with Crippen LogP contribution in [-0.2, 0) is 6.18 Å². The van der Waals surface area contributed by atoms with Gasteiger partial charge in [0.05, 0.1) is 0 Å². The number of hydrogen-bond donors (Lipinski definition) is 1. The van der Waals surface area contributed by atoms with E-state index in [1.54, 1.807) is 25.1 Å². The Bertz CT molecular complexity index is 676. The lowest BCUT2D eigenvalue weighted by atomic mass is 9.98. The van der Waals surface area contributed by atoms with Gasteiger partial charge in [-0.25, -0.2) is 4.98 Å². The first kappa shape index (κ1) is 16.3. The molecular weight excluding hydrogens is 371 g/mol. The molecule has 0 aliphatic rings. The number of aliphatic hydroxyl groups excluding tert-OH is 1. The van der Waals surface area contributed by atoms with E-state index in [2.05, 4.69) is 20.9 Å². The van der Waals surface area contributed by atoms with E-state index in [1.807, 2.05) is 0 Å². The fourth-order valence-corrected chi connectivity index (χ4v) is 2.52. The van der Waals surface area contributed by atoms with Gasteiger partial charge >= 0.3 is 6.18 Å². The zero-order valence-corrected chi connectivity index (χ0v) is 13.1. The van der Waals surface area contributed by atoms with Crippen molar-refractivity contribution >= 4 is 27.5 Å². The Hall–Kier alpha value is -1.11. The summed E-state index contributed by atoms with van der Waals surface area (Å²) in [6, 6.07) is 7.22. The zero-order chi connectivity index (χ0) is 15.8. The zero-order valence-electron chi connectivity index (χ0n) is 10.7. The number of rotatable bonds is 2. The van der Waals surface area contributed by atoms with E-state index >= 15 is 0 Å². The molecule has 0 bridgehead atoms. The van der Waals surface area contributed by atoms with E-state index in [1.165, 1.54) is 0 Å². The van der Waals surface area contributed by atoms with E-state index in [4.69, 9.17) is 11.6 Å². The molecule has 21 heavy (non-hydrogen) atoms. The van der Waals surface area contributed by atoms with Crippen LogP contribution in [0.1, 0.15) is 28.5 Å². The molecule has 0 amide bonds. The molecule has 1 heterocycles. The van der Waals surface area contributed by atoms with Gasteiger partial charge in [-0.1, -0.05) is 39.7 Å². The molecule has 1 aromatic heterocycles. The molecule has 2 aromatic rings. The number of benzene rings is 1. The van der Waals surface area contributed by atoms with Gasteiger partial charge in [0, 0.05) is 10.0 Å². The van der Waals surface area contributed by atoms with Crippen molar-refractivity contribution < 1.29 is 18.3 Å². The first-order chi connectivity index (χ1) is 9.70. The maximum Gasteiger partial charge on any atom is 0.433 e. The van der Waals surface area contributed by atoms with E-state index in [0.717, 1.165) is 22.2 Å². The van der Waals surface area contributed by atoms with Crippen LogP contribution < -0.4 is 0 Å². The van der Waals surface area contributed by atoms with Crippen molar-refractivity contribution in [1.29, 1.82) is 0 Å². The van der Waals surface area contributed by atoms with Gasteiger partial charge in [0.2, 0.25) is 0 Å². The van der Waals surface area contributed by atoms with Crippen molar-refractivity contribution in [2.24, 2.45) is 0 Å². The molecule has 0 aliphatic heterocycles. The maximum atomic E-state index is 12.6. The number of alkyl halides is 3.